The summed E-state index contributed by atoms with van der Waals surface area (Å²) < 4.78 is 18.5. The molecule has 0 amide bonds. The number of benzene rings is 1. The Kier molecular flexibility index (Phi) is 4.40. The van der Waals surface area contributed by atoms with Crippen LogP contribution in [0.4, 0.5) is 4.39 Å². The lowest BCUT2D eigenvalue weighted by atomic mass is 9.82. The Labute approximate surface area is 122 Å². The summed E-state index contributed by atoms with van der Waals surface area (Å²) in [5, 5.41) is 3.98. The van der Waals surface area contributed by atoms with Crippen LogP contribution in [0, 0.1) is 5.82 Å². The van der Waals surface area contributed by atoms with Crippen molar-refractivity contribution in [1.29, 1.82) is 0 Å². The zero-order chi connectivity index (χ0) is 14.8. The van der Waals surface area contributed by atoms with Crippen LogP contribution in [0.5, 0.6) is 0 Å². The highest BCUT2D eigenvalue weighted by atomic mass is 35.5. The Balaban J connectivity index is 2.39. The minimum atomic E-state index is -0.474. The van der Waals surface area contributed by atoms with Gasteiger partial charge in [-0.25, -0.2) is 4.39 Å². The molecule has 2 N–H and O–H groups in total. The molecule has 108 valence electrons. The van der Waals surface area contributed by atoms with Gasteiger partial charge in [-0.1, -0.05) is 30.6 Å². The van der Waals surface area contributed by atoms with Crippen LogP contribution in [0.1, 0.15) is 32.6 Å². The maximum absolute atomic E-state index is 13.2. The van der Waals surface area contributed by atoms with Crippen LogP contribution in [0.3, 0.4) is 0 Å². The molecule has 1 aromatic carbocycles. The number of aromatic nitrogens is 2. The van der Waals surface area contributed by atoms with E-state index in [2.05, 4.69) is 10.1 Å². The van der Waals surface area contributed by atoms with Crippen molar-refractivity contribution >= 4 is 11.6 Å². The maximum atomic E-state index is 13.2. The van der Waals surface area contributed by atoms with Crippen molar-refractivity contribution in [2.75, 3.05) is 6.54 Å². The van der Waals surface area contributed by atoms with Gasteiger partial charge in [0, 0.05) is 12.1 Å². The Morgan fingerprint density at radius 1 is 1.35 bits per heavy atom. The molecule has 0 atom stereocenters. The highest BCUT2D eigenvalue weighted by molar-refractivity contribution is 6.31. The minimum Gasteiger partial charge on any atom is -0.338 e. The van der Waals surface area contributed by atoms with Gasteiger partial charge in [0.2, 0.25) is 11.7 Å². The number of nitrogens with zero attached hydrogens (tertiary/aromatic N) is 2. The van der Waals surface area contributed by atoms with Gasteiger partial charge in [0.15, 0.2) is 0 Å². The molecule has 2 aromatic rings. The Bertz CT molecular complexity index is 588. The first-order chi connectivity index (χ1) is 9.56. The molecule has 0 bridgehead atoms. The highest BCUT2D eigenvalue weighted by Crippen LogP contribution is 2.31. The average Bonchev–Trinajstić information content (AvgIpc) is 2.95. The van der Waals surface area contributed by atoms with Gasteiger partial charge in [-0.2, -0.15) is 4.98 Å². The summed E-state index contributed by atoms with van der Waals surface area (Å²) in [6.07, 6.45) is 1.62. The number of nitrogens with two attached hydrogens (primary N) is 1. The Hall–Kier alpha value is -1.46. The van der Waals surface area contributed by atoms with Crippen molar-refractivity contribution in [3.63, 3.8) is 0 Å². The van der Waals surface area contributed by atoms with E-state index in [1.807, 2.05) is 13.8 Å². The van der Waals surface area contributed by atoms with E-state index in [9.17, 15) is 4.39 Å². The third-order valence-electron chi connectivity index (χ3n) is 3.80. The van der Waals surface area contributed by atoms with Gasteiger partial charge < -0.3 is 10.3 Å². The van der Waals surface area contributed by atoms with E-state index >= 15 is 0 Å². The lowest BCUT2D eigenvalue weighted by Gasteiger charge is -2.24. The molecule has 0 saturated carbocycles. The van der Waals surface area contributed by atoms with Crippen molar-refractivity contribution in [3.8, 4) is 11.4 Å². The molecule has 1 heterocycles. The van der Waals surface area contributed by atoms with E-state index in [0.29, 0.717) is 23.8 Å². The molecule has 0 unspecified atom stereocenters. The normalized spacial score (nSPS) is 11.8. The van der Waals surface area contributed by atoms with Gasteiger partial charge in [0.1, 0.15) is 5.82 Å². The quantitative estimate of drug-likeness (QED) is 0.916. The standard InChI is InChI=1S/C14H17ClFN3O/c1-3-14(4-2,8-17)13-18-12(19-20-13)9-5-6-11(16)10(15)7-9/h5-7H,3-4,8,17H2,1-2H3. The number of rotatable bonds is 5. The summed E-state index contributed by atoms with van der Waals surface area (Å²) in [6.45, 7) is 4.51. The molecule has 6 heteroatoms. The van der Waals surface area contributed by atoms with Crippen LogP contribution in [-0.4, -0.2) is 16.7 Å². The fourth-order valence-electron chi connectivity index (χ4n) is 2.12. The lowest BCUT2D eigenvalue weighted by molar-refractivity contribution is 0.267. The molecule has 0 aliphatic heterocycles. The highest BCUT2D eigenvalue weighted by Gasteiger charge is 2.33. The summed E-state index contributed by atoms with van der Waals surface area (Å²) in [6, 6.07) is 4.33. The third kappa shape index (κ3) is 2.55. The molecule has 4 nitrogen and oxygen atoms in total. The summed E-state index contributed by atoms with van der Waals surface area (Å²) in [5.41, 5.74) is 6.16. The minimum absolute atomic E-state index is 0.0323. The van der Waals surface area contributed by atoms with E-state index in [-0.39, 0.29) is 10.4 Å². The number of hydrogen-bond donors (Lipinski definition) is 1. The average molecular weight is 298 g/mol. The summed E-state index contributed by atoms with van der Waals surface area (Å²) in [5.74, 6) is 0.430. The lowest BCUT2D eigenvalue weighted by Crippen LogP contribution is -2.34. The molecular weight excluding hydrogens is 281 g/mol. The monoisotopic (exact) mass is 297 g/mol. The topological polar surface area (TPSA) is 64.9 Å². The fourth-order valence-corrected chi connectivity index (χ4v) is 2.30. The van der Waals surface area contributed by atoms with Crippen LogP contribution in [0.2, 0.25) is 5.02 Å². The van der Waals surface area contributed by atoms with Crippen LogP contribution in [0.25, 0.3) is 11.4 Å². The van der Waals surface area contributed by atoms with Gasteiger partial charge in [0.05, 0.1) is 10.4 Å². The molecule has 0 spiro atoms. The fraction of sp³-hybridized carbons (Fsp3) is 0.429. The second-order valence-corrected chi connectivity index (χ2v) is 5.15. The number of halogens is 2. The van der Waals surface area contributed by atoms with Crippen molar-refractivity contribution in [2.24, 2.45) is 5.73 Å². The molecule has 0 fully saturated rings. The molecule has 2 rings (SSSR count). The van der Waals surface area contributed by atoms with Crippen LogP contribution >= 0.6 is 11.6 Å². The van der Waals surface area contributed by atoms with E-state index in [0.717, 1.165) is 12.8 Å². The molecule has 20 heavy (non-hydrogen) atoms. The Morgan fingerprint density at radius 3 is 2.60 bits per heavy atom. The summed E-state index contributed by atoms with van der Waals surface area (Å²) in [4.78, 5) is 4.40. The first-order valence-corrected chi connectivity index (χ1v) is 6.93. The van der Waals surface area contributed by atoms with E-state index in [4.69, 9.17) is 21.9 Å². The van der Waals surface area contributed by atoms with E-state index < -0.39 is 5.82 Å². The van der Waals surface area contributed by atoms with Crippen molar-refractivity contribution in [3.05, 3.63) is 34.9 Å². The maximum Gasteiger partial charge on any atom is 0.234 e. The number of hydrogen-bond acceptors (Lipinski definition) is 4. The van der Waals surface area contributed by atoms with Crippen LogP contribution in [-0.2, 0) is 5.41 Å². The third-order valence-corrected chi connectivity index (χ3v) is 4.09. The van der Waals surface area contributed by atoms with Gasteiger partial charge in [-0.15, -0.1) is 0 Å². The first-order valence-electron chi connectivity index (χ1n) is 6.56. The second-order valence-electron chi connectivity index (χ2n) is 4.74. The van der Waals surface area contributed by atoms with Gasteiger partial charge in [-0.3, -0.25) is 0 Å². The van der Waals surface area contributed by atoms with E-state index in [1.54, 1.807) is 6.07 Å². The van der Waals surface area contributed by atoms with Crippen molar-refractivity contribution in [2.45, 2.75) is 32.1 Å². The summed E-state index contributed by atoms with van der Waals surface area (Å²) >= 11 is 5.76. The molecule has 0 aliphatic rings. The van der Waals surface area contributed by atoms with Crippen LogP contribution in [0.15, 0.2) is 22.7 Å². The molecule has 0 radical (unpaired) electrons. The smallest absolute Gasteiger partial charge is 0.234 e. The van der Waals surface area contributed by atoms with E-state index in [1.165, 1.54) is 12.1 Å². The van der Waals surface area contributed by atoms with Gasteiger partial charge in [-0.05, 0) is 31.0 Å². The van der Waals surface area contributed by atoms with Gasteiger partial charge in [0.25, 0.3) is 0 Å². The predicted octanol–water partition coefficient (Wildman–Crippen LogP) is 3.55. The summed E-state index contributed by atoms with van der Waals surface area (Å²) in [7, 11) is 0. The molecule has 0 aliphatic carbocycles. The zero-order valence-corrected chi connectivity index (χ0v) is 12.2. The molecule has 1 aromatic heterocycles. The van der Waals surface area contributed by atoms with Crippen molar-refractivity contribution in [1.82, 2.24) is 10.1 Å². The van der Waals surface area contributed by atoms with Gasteiger partial charge >= 0.3 is 0 Å². The molecular formula is C14H17ClFN3O. The second kappa shape index (κ2) is 5.89. The zero-order valence-electron chi connectivity index (χ0n) is 11.5. The molecule has 0 saturated heterocycles. The van der Waals surface area contributed by atoms with Crippen LogP contribution < -0.4 is 5.73 Å². The Morgan fingerprint density at radius 2 is 2.05 bits per heavy atom. The SMILES string of the molecule is CCC(CC)(CN)c1nc(-c2ccc(F)c(Cl)c2)no1. The largest absolute Gasteiger partial charge is 0.338 e. The first kappa shape index (κ1) is 14.9. The predicted molar refractivity (Wildman–Crippen MR) is 76.0 cm³/mol. The van der Waals surface area contributed by atoms with Crippen molar-refractivity contribution < 1.29 is 8.91 Å².